The van der Waals surface area contributed by atoms with Gasteiger partial charge in [0, 0.05) is 0 Å². The van der Waals surface area contributed by atoms with Gasteiger partial charge < -0.3 is 5.11 Å². The molecule has 21 heavy (non-hydrogen) atoms. The number of anilines is 1. The quantitative estimate of drug-likeness (QED) is 0.908. The molecule has 0 amide bonds. The topological polar surface area (TPSA) is 83.5 Å². The van der Waals surface area contributed by atoms with Crippen LogP contribution in [-0.4, -0.2) is 19.5 Å². The van der Waals surface area contributed by atoms with E-state index in [9.17, 15) is 22.0 Å². The van der Waals surface area contributed by atoms with Crippen LogP contribution in [0.25, 0.3) is 0 Å². The number of hydrogen-bond donors (Lipinski definition) is 2. The third kappa shape index (κ3) is 3.34. The van der Waals surface area contributed by atoms with Crippen molar-refractivity contribution in [3.8, 4) is 0 Å². The number of carboxylic acid groups (broad SMARTS) is 1. The first kappa shape index (κ1) is 14.9. The van der Waals surface area contributed by atoms with Crippen LogP contribution in [0.15, 0.2) is 47.4 Å². The molecule has 2 aromatic carbocycles. The van der Waals surface area contributed by atoms with Crippen LogP contribution in [0.5, 0.6) is 0 Å². The second-order valence-corrected chi connectivity index (χ2v) is 5.75. The summed E-state index contributed by atoms with van der Waals surface area (Å²) in [7, 11) is -4.15. The van der Waals surface area contributed by atoms with E-state index >= 15 is 0 Å². The number of carboxylic acids is 1. The lowest BCUT2D eigenvalue weighted by Gasteiger charge is -2.09. The number of carbonyl (C=O) groups is 1. The minimum atomic E-state index is -4.15. The maximum atomic E-state index is 13.2. The lowest BCUT2D eigenvalue weighted by atomic mass is 10.2. The molecule has 0 fully saturated rings. The van der Waals surface area contributed by atoms with Gasteiger partial charge in [-0.1, -0.05) is 6.07 Å². The molecule has 0 atom stereocenters. The number of nitrogens with one attached hydrogen (secondary N) is 1. The van der Waals surface area contributed by atoms with Crippen LogP contribution < -0.4 is 4.72 Å². The standard InChI is InChI=1S/C13H9F2NO4S/c14-8-2-1-3-9(6-8)16-21(19,20)10-4-5-12(15)11(7-10)13(17)18/h1-7,16H,(H,17,18). The molecular formula is C13H9F2NO4S. The van der Waals surface area contributed by atoms with Crippen LogP contribution >= 0.6 is 0 Å². The highest BCUT2D eigenvalue weighted by Crippen LogP contribution is 2.19. The van der Waals surface area contributed by atoms with Gasteiger partial charge in [0.25, 0.3) is 10.0 Å². The molecule has 110 valence electrons. The Morgan fingerprint density at radius 2 is 1.81 bits per heavy atom. The summed E-state index contributed by atoms with van der Waals surface area (Å²) >= 11 is 0. The molecule has 2 rings (SSSR count). The van der Waals surface area contributed by atoms with E-state index in [1.807, 2.05) is 0 Å². The van der Waals surface area contributed by atoms with Gasteiger partial charge >= 0.3 is 5.97 Å². The molecule has 0 aromatic heterocycles. The van der Waals surface area contributed by atoms with Gasteiger partial charge in [-0.3, -0.25) is 4.72 Å². The number of hydrogen-bond acceptors (Lipinski definition) is 3. The third-order valence-corrected chi connectivity index (χ3v) is 3.93. The van der Waals surface area contributed by atoms with Crippen LogP contribution in [-0.2, 0) is 10.0 Å². The Morgan fingerprint density at radius 3 is 2.43 bits per heavy atom. The highest BCUT2D eigenvalue weighted by Gasteiger charge is 2.19. The fraction of sp³-hybridized carbons (Fsp3) is 0. The summed E-state index contributed by atoms with van der Waals surface area (Å²) in [4.78, 5) is 10.4. The number of rotatable bonds is 4. The molecule has 0 radical (unpaired) electrons. The normalized spacial score (nSPS) is 11.1. The van der Waals surface area contributed by atoms with Crippen molar-refractivity contribution in [2.45, 2.75) is 4.90 Å². The van der Waals surface area contributed by atoms with Crippen LogP contribution in [0.4, 0.5) is 14.5 Å². The summed E-state index contributed by atoms with van der Waals surface area (Å²) in [6.45, 7) is 0. The number of aromatic carboxylic acids is 1. The van der Waals surface area contributed by atoms with Crippen molar-refractivity contribution in [1.29, 1.82) is 0 Å². The Hall–Kier alpha value is -2.48. The van der Waals surface area contributed by atoms with Gasteiger partial charge in [0.05, 0.1) is 16.1 Å². The smallest absolute Gasteiger partial charge is 0.338 e. The molecule has 5 nitrogen and oxygen atoms in total. The molecule has 0 aliphatic rings. The van der Waals surface area contributed by atoms with Gasteiger partial charge in [-0.25, -0.2) is 22.0 Å². The van der Waals surface area contributed by atoms with E-state index in [0.29, 0.717) is 6.07 Å². The molecule has 2 aromatic rings. The van der Waals surface area contributed by atoms with Gasteiger partial charge in [0.1, 0.15) is 11.6 Å². The molecule has 0 saturated heterocycles. The van der Waals surface area contributed by atoms with Crippen molar-refractivity contribution in [3.63, 3.8) is 0 Å². The maximum absolute atomic E-state index is 13.2. The van der Waals surface area contributed by atoms with Crippen molar-refractivity contribution >= 4 is 21.7 Å². The van der Waals surface area contributed by atoms with Crippen molar-refractivity contribution in [1.82, 2.24) is 0 Å². The average molecular weight is 313 g/mol. The van der Waals surface area contributed by atoms with E-state index in [1.54, 1.807) is 0 Å². The van der Waals surface area contributed by atoms with E-state index in [-0.39, 0.29) is 5.69 Å². The van der Waals surface area contributed by atoms with Crippen LogP contribution in [0, 0.1) is 11.6 Å². The number of halogens is 2. The highest BCUT2D eigenvalue weighted by atomic mass is 32.2. The zero-order chi connectivity index (χ0) is 15.6. The van der Waals surface area contributed by atoms with E-state index < -0.39 is 38.1 Å². The molecule has 0 bridgehead atoms. The van der Waals surface area contributed by atoms with Crippen molar-refractivity contribution < 1.29 is 27.1 Å². The predicted molar refractivity (Wildman–Crippen MR) is 70.6 cm³/mol. The molecule has 0 spiro atoms. The lowest BCUT2D eigenvalue weighted by molar-refractivity contribution is 0.0691. The zero-order valence-electron chi connectivity index (χ0n) is 10.4. The summed E-state index contributed by atoms with van der Waals surface area (Å²) in [5.41, 5.74) is -0.798. The minimum absolute atomic E-state index is 0.0313. The van der Waals surface area contributed by atoms with Gasteiger partial charge in [-0.2, -0.15) is 0 Å². The average Bonchev–Trinajstić information content (AvgIpc) is 2.38. The Morgan fingerprint density at radius 1 is 1.10 bits per heavy atom. The molecule has 0 aliphatic carbocycles. The second-order valence-electron chi connectivity index (χ2n) is 4.06. The van der Waals surface area contributed by atoms with Crippen LogP contribution in [0.1, 0.15) is 10.4 Å². The second kappa shape index (κ2) is 5.49. The summed E-state index contributed by atoms with van der Waals surface area (Å²) in [6, 6.07) is 7.08. The fourth-order valence-electron chi connectivity index (χ4n) is 1.60. The monoisotopic (exact) mass is 313 g/mol. The molecule has 0 heterocycles. The predicted octanol–water partition coefficient (Wildman–Crippen LogP) is 2.46. The number of sulfonamides is 1. The van der Waals surface area contributed by atoms with Gasteiger partial charge in [0.2, 0.25) is 0 Å². The molecule has 0 aliphatic heterocycles. The first-order valence-electron chi connectivity index (χ1n) is 5.61. The molecular weight excluding hydrogens is 304 g/mol. The first-order valence-corrected chi connectivity index (χ1v) is 7.09. The first-order chi connectivity index (χ1) is 9.79. The van der Waals surface area contributed by atoms with E-state index in [0.717, 1.165) is 24.3 Å². The third-order valence-electron chi connectivity index (χ3n) is 2.56. The number of benzene rings is 2. The van der Waals surface area contributed by atoms with Crippen LogP contribution in [0.2, 0.25) is 0 Å². The Kier molecular flexibility index (Phi) is 3.90. The summed E-state index contributed by atoms with van der Waals surface area (Å²) < 4.78 is 52.4. The SMILES string of the molecule is O=C(O)c1cc(S(=O)(=O)Nc2cccc(F)c2)ccc1F. The van der Waals surface area contributed by atoms with E-state index in [2.05, 4.69) is 4.72 Å². The molecule has 2 N–H and O–H groups in total. The van der Waals surface area contributed by atoms with Gasteiger partial charge in [0.15, 0.2) is 0 Å². The van der Waals surface area contributed by atoms with E-state index in [1.165, 1.54) is 12.1 Å². The molecule has 8 heteroatoms. The van der Waals surface area contributed by atoms with Gasteiger partial charge in [-0.15, -0.1) is 0 Å². The Balaban J connectivity index is 2.40. The van der Waals surface area contributed by atoms with Crippen molar-refractivity contribution in [2.75, 3.05) is 4.72 Å². The van der Waals surface area contributed by atoms with Crippen molar-refractivity contribution in [3.05, 3.63) is 59.7 Å². The molecule has 0 saturated carbocycles. The highest BCUT2D eigenvalue weighted by molar-refractivity contribution is 7.92. The Bertz CT molecular complexity index is 806. The van der Waals surface area contributed by atoms with Crippen molar-refractivity contribution in [2.24, 2.45) is 0 Å². The maximum Gasteiger partial charge on any atom is 0.338 e. The summed E-state index contributed by atoms with van der Waals surface area (Å²) in [5.74, 6) is -3.27. The minimum Gasteiger partial charge on any atom is -0.478 e. The Labute approximate surface area is 118 Å². The summed E-state index contributed by atoms with van der Waals surface area (Å²) in [5, 5.41) is 8.78. The van der Waals surface area contributed by atoms with E-state index in [4.69, 9.17) is 5.11 Å². The zero-order valence-corrected chi connectivity index (χ0v) is 11.2. The molecule has 0 unspecified atom stereocenters. The largest absolute Gasteiger partial charge is 0.478 e. The fourth-order valence-corrected chi connectivity index (χ4v) is 2.68. The lowest BCUT2D eigenvalue weighted by Crippen LogP contribution is -2.14. The summed E-state index contributed by atoms with van der Waals surface area (Å²) in [6.07, 6.45) is 0. The van der Waals surface area contributed by atoms with Crippen LogP contribution in [0.3, 0.4) is 0 Å². The van der Waals surface area contributed by atoms with Gasteiger partial charge in [-0.05, 0) is 36.4 Å².